The van der Waals surface area contributed by atoms with E-state index in [1.54, 1.807) is 12.4 Å². The number of aryl methyl sites for hydroxylation is 1. The maximum atomic E-state index is 12.2. The molecule has 110 valence electrons. The summed E-state index contributed by atoms with van der Waals surface area (Å²) in [5, 5.41) is 2.97. The molecule has 0 unspecified atom stereocenters. The van der Waals surface area contributed by atoms with Gasteiger partial charge < -0.3 is 5.32 Å². The largest absolute Gasteiger partial charge is 0.324 e. The molecule has 1 saturated carbocycles. The third kappa shape index (κ3) is 3.12. The van der Waals surface area contributed by atoms with Gasteiger partial charge in [-0.1, -0.05) is 19.3 Å². The number of hydrogen-bond donors (Lipinski definition) is 1. The van der Waals surface area contributed by atoms with Crippen molar-refractivity contribution in [3.8, 4) is 5.82 Å². The number of anilines is 1. The van der Waals surface area contributed by atoms with Crippen LogP contribution in [0.5, 0.6) is 0 Å². The van der Waals surface area contributed by atoms with Crippen molar-refractivity contribution < 1.29 is 4.79 Å². The molecule has 0 aliphatic heterocycles. The second-order valence-electron chi connectivity index (χ2n) is 5.57. The quantitative estimate of drug-likeness (QED) is 0.942. The molecule has 3 rings (SSSR count). The van der Waals surface area contributed by atoms with Gasteiger partial charge in [0, 0.05) is 18.3 Å². The molecule has 1 aliphatic rings. The van der Waals surface area contributed by atoms with Crippen LogP contribution in [0.25, 0.3) is 5.82 Å². The minimum Gasteiger partial charge on any atom is -0.324 e. The number of hydrogen-bond acceptors (Lipinski definition) is 3. The van der Waals surface area contributed by atoms with Gasteiger partial charge >= 0.3 is 0 Å². The summed E-state index contributed by atoms with van der Waals surface area (Å²) >= 11 is 0. The highest BCUT2D eigenvalue weighted by Crippen LogP contribution is 2.25. The Hall–Kier alpha value is -2.17. The van der Waals surface area contributed by atoms with Gasteiger partial charge in [0.25, 0.3) is 0 Å². The first-order valence-corrected chi connectivity index (χ1v) is 7.51. The van der Waals surface area contributed by atoms with Crippen molar-refractivity contribution in [3.63, 3.8) is 0 Å². The van der Waals surface area contributed by atoms with Gasteiger partial charge in [0.1, 0.15) is 11.6 Å². The highest BCUT2D eigenvalue weighted by Gasteiger charge is 2.21. The number of imidazole rings is 1. The van der Waals surface area contributed by atoms with Crippen molar-refractivity contribution in [1.29, 1.82) is 0 Å². The molecule has 0 spiro atoms. The maximum absolute atomic E-state index is 12.2. The van der Waals surface area contributed by atoms with Gasteiger partial charge in [-0.25, -0.2) is 9.97 Å². The lowest BCUT2D eigenvalue weighted by Crippen LogP contribution is -2.24. The van der Waals surface area contributed by atoms with Gasteiger partial charge in [0.2, 0.25) is 5.91 Å². The van der Waals surface area contributed by atoms with Crippen LogP contribution in [0.1, 0.15) is 37.9 Å². The van der Waals surface area contributed by atoms with Gasteiger partial charge in [-0.15, -0.1) is 0 Å². The fourth-order valence-electron chi connectivity index (χ4n) is 2.83. The van der Waals surface area contributed by atoms with E-state index in [0.717, 1.165) is 43.0 Å². The average Bonchev–Trinajstić information content (AvgIpc) is 2.95. The van der Waals surface area contributed by atoms with Crippen molar-refractivity contribution >= 4 is 11.6 Å². The Morgan fingerprint density at radius 3 is 2.67 bits per heavy atom. The van der Waals surface area contributed by atoms with Crippen molar-refractivity contribution in [2.75, 3.05) is 5.32 Å². The minimum absolute atomic E-state index is 0.128. The molecule has 2 aromatic rings. The van der Waals surface area contributed by atoms with E-state index in [2.05, 4.69) is 15.3 Å². The van der Waals surface area contributed by atoms with E-state index in [9.17, 15) is 4.79 Å². The number of carbonyl (C=O) groups excluding carboxylic acids is 1. The van der Waals surface area contributed by atoms with Crippen LogP contribution in [0, 0.1) is 12.8 Å². The summed E-state index contributed by atoms with van der Waals surface area (Å²) in [6.07, 6.45) is 10.9. The molecule has 1 N–H and O–H groups in total. The lowest BCUT2D eigenvalue weighted by Gasteiger charge is -2.20. The predicted molar refractivity (Wildman–Crippen MR) is 81.3 cm³/mol. The third-order valence-electron chi connectivity index (χ3n) is 4.06. The number of carbonyl (C=O) groups is 1. The molecular weight excluding hydrogens is 264 g/mol. The van der Waals surface area contributed by atoms with Gasteiger partial charge in [0.05, 0.1) is 11.9 Å². The average molecular weight is 284 g/mol. The van der Waals surface area contributed by atoms with Crippen LogP contribution < -0.4 is 5.32 Å². The fourth-order valence-corrected chi connectivity index (χ4v) is 2.83. The molecule has 2 aromatic heterocycles. The number of aromatic nitrogens is 3. The van der Waals surface area contributed by atoms with E-state index in [1.807, 2.05) is 29.8 Å². The molecule has 5 heteroatoms. The Bertz CT molecular complexity index is 611. The zero-order chi connectivity index (χ0) is 14.7. The van der Waals surface area contributed by atoms with Gasteiger partial charge in [-0.05, 0) is 31.9 Å². The Kier molecular flexibility index (Phi) is 3.99. The Labute approximate surface area is 124 Å². The third-order valence-corrected chi connectivity index (χ3v) is 4.06. The SMILES string of the molecule is Cc1nccn1-c1ccc(NC(=O)C2CCCCC2)cn1. The van der Waals surface area contributed by atoms with Crippen LogP contribution in [0.4, 0.5) is 5.69 Å². The smallest absolute Gasteiger partial charge is 0.227 e. The Morgan fingerprint density at radius 2 is 2.05 bits per heavy atom. The summed E-state index contributed by atoms with van der Waals surface area (Å²) in [7, 11) is 0. The highest BCUT2D eigenvalue weighted by atomic mass is 16.1. The second kappa shape index (κ2) is 6.08. The van der Waals surface area contributed by atoms with E-state index in [1.165, 1.54) is 6.42 Å². The summed E-state index contributed by atoms with van der Waals surface area (Å²) in [5.74, 6) is 1.99. The standard InChI is InChI=1S/C16H20N4O/c1-12-17-9-10-20(12)15-8-7-14(11-18-15)19-16(21)13-5-3-2-4-6-13/h7-11,13H,2-6H2,1H3,(H,19,21). The molecule has 0 saturated heterocycles. The van der Waals surface area contributed by atoms with Gasteiger partial charge in [-0.3, -0.25) is 9.36 Å². The minimum atomic E-state index is 0.128. The van der Waals surface area contributed by atoms with Gasteiger partial charge in [0.15, 0.2) is 0 Å². The van der Waals surface area contributed by atoms with E-state index in [0.29, 0.717) is 0 Å². The van der Waals surface area contributed by atoms with E-state index >= 15 is 0 Å². The van der Waals surface area contributed by atoms with E-state index in [-0.39, 0.29) is 11.8 Å². The summed E-state index contributed by atoms with van der Waals surface area (Å²) in [5.41, 5.74) is 0.757. The molecule has 21 heavy (non-hydrogen) atoms. The van der Waals surface area contributed by atoms with Crippen molar-refractivity contribution in [1.82, 2.24) is 14.5 Å². The molecule has 0 aromatic carbocycles. The first-order chi connectivity index (χ1) is 10.2. The molecule has 0 atom stereocenters. The van der Waals surface area contributed by atoms with Crippen LogP contribution in [0.2, 0.25) is 0 Å². The van der Waals surface area contributed by atoms with E-state index < -0.39 is 0 Å². The lowest BCUT2D eigenvalue weighted by atomic mass is 9.88. The Morgan fingerprint density at radius 1 is 1.24 bits per heavy atom. The number of rotatable bonds is 3. The van der Waals surface area contributed by atoms with Crippen LogP contribution in [0.15, 0.2) is 30.7 Å². The number of pyridine rings is 1. The zero-order valence-corrected chi connectivity index (χ0v) is 12.2. The molecule has 2 heterocycles. The molecule has 1 fully saturated rings. The summed E-state index contributed by atoms with van der Waals surface area (Å²) in [6.45, 7) is 1.93. The van der Waals surface area contributed by atoms with Crippen molar-refractivity contribution in [2.24, 2.45) is 5.92 Å². The Balaban J connectivity index is 1.67. The van der Waals surface area contributed by atoms with Crippen molar-refractivity contribution in [3.05, 3.63) is 36.5 Å². The highest BCUT2D eigenvalue weighted by molar-refractivity contribution is 5.92. The van der Waals surface area contributed by atoms with E-state index in [4.69, 9.17) is 0 Å². The molecule has 5 nitrogen and oxygen atoms in total. The number of nitrogens with zero attached hydrogens (tertiary/aromatic N) is 3. The van der Waals surface area contributed by atoms with Crippen molar-refractivity contribution in [2.45, 2.75) is 39.0 Å². The maximum Gasteiger partial charge on any atom is 0.227 e. The number of nitrogens with one attached hydrogen (secondary N) is 1. The summed E-state index contributed by atoms with van der Waals surface area (Å²) in [4.78, 5) is 20.7. The second-order valence-corrected chi connectivity index (χ2v) is 5.57. The van der Waals surface area contributed by atoms with Crippen LogP contribution in [-0.2, 0) is 4.79 Å². The zero-order valence-electron chi connectivity index (χ0n) is 12.2. The first kappa shape index (κ1) is 13.8. The molecule has 1 aliphatic carbocycles. The first-order valence-electron chi connectivity index (χ1n) is 7.51. The molecule has 0 bridgehead atoms. The fraction of sp³-hybridized carbons (Fsp3) is 0.438. The van der Waals surface area contributed by atoms with Crippen LogP contribution in [0.3, 0.4) is 0 Å². The number of amides is 1. The predicted octanol–water partition coefficient (Wildman–Crippen LogP) is 3.09. The summed E-state index contributed by atoms with van der Waals surface area (Å²) < 4.78 is 1.91. The lowest BCUT2D eigenvalue weighted by molar-refractivity contribution is -0.120. The molecule has 1 amide bonds. The molecular formula is C16H20N4O. The molecule has 0 radical (unpaired) electrons. The monoisotopic (exact) mass is 284 g/mol. The normalized spacial score (nSPS) is 15.9. The van der Waals surface area contributed by atoms with Gasteiger partial charge in [-0.2, -0.15) is 0 Å². The summed E-state index contributed by atoms with van der Waals surface area (Å²) in [6, 6.07) is 3.79. The van der Waals surface area contributed by atoms with Crippen LogP contribution in [-0.4, -0.2) is 20.4 Å². The topological polar surface area (TPSA) is 59.8 Å². The van der Waals surface area contributed by atoms with Crippen LogP contribution >= 0.6 is 0 Å².